The minimum atomic E-state index is 0.559. The maximum Gasteiger partial charge on any atom is -0.0277 e. The second-order valence-corrected chi connectivity index (χ2v) is 4.72. The Bertz CT molecular complexity index is 115. The molecule has 0 radical (unpaired) electrons. The van der Waals surface area contributed by atoms with Crippen molar-refractivity contribution in [2.75, 3.05) is 0 Å². The fourth-order valence-electron chi connectivity index (χ4n) is 2.11. The van der Waals surface area contributed by atoms with Crippen molar-refractivity contribution < 1.29 is 0 Å². The summed E-state index contributed by atoms with van der Waals surface area (Å²) >= 11 is 0. The third-order valence-electron chi connectivity index (χ3n) is 3.85. The second-order valence-electron chi connectivity index (χ2n) is 4.72. The lowest BCUT2D eigenvalue weighted by molar-refractivity contribution is 0.107. The summed E-state index contributed by atoms with van der Waals surface area (Å²) < 4.78 is 0. The molecule has 0 aromatic rings. The van der Waals surface area contributed by atoms with E-state index in [9.17, 15) is 0 Å². The summed E-state index contributed by atoms with van der Waals surface area (Å²) in [4.78, 5) is 0. The standard InChI is InChI=1S/C12H26/c1-7-9-12(6,10(3)4)11(5)8-2/h10-11H,7-9H2,1-6H3. The van der Waals surface area contributed by atoms with E-state index < -0.39 is 0 Å². The van der Waals surface area contributed by atoms with E-state index >= 15 is 0 Å². The molecule has 0 saturated carbocycles. The molecule has 0 bridgehead atoms. The van der Waals surface area contributed by atoms with Gasteiger partial charge >= 0.3 is 0 Å². The lowest BCUT2D eigenvalue weighted by atomic mass is 9.66. The van der Waals surface area contributed by atoms with Crippen molar-refractivity contribution in [3.63, 3.8) is 0 Å². The Hall–Kier alpha value is 0. The second kappa shape index (κ2) is 4.89. The van der Waals surface area contributed by atoms with Gasteiger partial charge < -0.3 is 0 Å². The van der Waals surface area contributed by atoms with Crippen molar-refractivity contribution in [2.24, 2.45) is 17.3 Å². The average Bonchev–Trinajstić information content (AvgIpc) is 2.03. The molecular weight excluding hydrogens is 144 g/mol. The molecule has 0 aromatic carbocycles. The molecule has 2 unspecified atom stereocenters. The third-order valence-corrected chi connectivity index (χ3v) is 3.85. The van der Waals surface area contributed by atoms with Crippen LogP contribution < -0.4 is 0 Å². The summed E-state index contributed by atoms with van der Waals surface area (Å²) in [5.74, 6) is 1.67. The summed E-state index contributed by atoms with van der Waals surface area (Å²) in [5.41, 5.74) is 0.559. The lowest BCUT2D eigenvalue weighted by Crippen LogP contribution is -2.30. The van der Waals surface area contributed by atoms with Gasteiger partial charge in [-0.25, -0.2) is 0 Å². The predicted molar refractivity (Wildman–Crippen MR) is 57.3 cm³/mol. The van der Waals surface area contributed by atoms with Crippen molar-refractivity contribution in [3.05, 3.63) is 0 Å². The molecule has 0 amide bonds. The first-order valence-electron chi connectivity index (χ1n) is 5.49. The Labute approximate surface area is 78.8 Å². The van der Waals surface area contributed by atoms with Gasteiger partial charge in [0.1, 0.15) is 0 Å². The number of hydrogen-bond donors (Lipinski definition) is 0. The first-order valence-corrected chi connectivity index (χ1v) is 5.49. The van der Waals surface area contributed by atoms with E-state index in [1.807, 2.05) is 0 Å². The summed E-state index contributed by atoms with van der Waals surface area (Å²) in [6, 6.07) is 0. The SMILES string of the molecule is CCCC(C)(C(C)C)C(C)CC. The van der Waals surface area contributed by atoms with Crippen LogP contribution in [0.15, 0.2) is 0 Å². The van der Waals surface area contributed by atoms with Gasteiger partial charge in [-0.1, -0.05) is 54.4 Å². The summed E-state index contributed by atoms with van der Waals surface area (Å²) in [6.07, 6.45) is 4.01. The molecule has 0 N–H and O–H groups in total. The highest BCUT2D eigenvalue weighted by Gasteiger charge is 2.31. The summed E-state index contributed by atoms with van der Waals surface area (Å²) in [5, 5.41) is 0. The van der Waals surface area contributed by atoms with Crippen LogP contribution in [0.5, 0.6) is 0 Å². The maximum atomic E-state index is 2.45. The van der Waals surface area contributed by atoms with Gasteiger partial charge in [-0.3, -0.25) is 0 Å². The van der Waals surface area contributed by atoms with Crippen LogP contribution in [-0.4, -0.2) is 0 Å². The molecule has 12 heavy (non-hydrogen) atoms. The molecule has 0 spiro atoms. The van der Waals surface area contributed by atoms with Crippen LogP contribution in [0.3, 0.4) is 0 Å². The molecule has 74 valence electrons. The number of rotatable bonds is 5. The van der Waals surface area contributed by atoms with Gasteiger partial charge in [-0.15, -0.1) is 0 Å². The van der Waals surface area contributed by atoms with Crippen molar-refractivity contribution in [1.29, 1.82) is 0 Å². The monoisotopic (exact) mass is 170 g/mol. The van der Waals surface area contributed by atoms with E-state index in [2.05, 4.69) is 41.5 Å². The van der Waals surface area contributed by atoms with Crippen LogP contribution in [0.2, 0.25) is 0 Å². The highest BCUT2D eigenvalue weighted by atomic mass is 14.4. The lowest BCUT2D eigenvalue weighted by Gasteiger charge is -2.39. The van der Waals surface area contributed by atoms with Crippen molar-refractivity contribution >= 4 is 0 Å². The van der Waals surface area contributed by atoms with E-state index in [-0.39, 0.29) is 0 Å². The first kappa shape index (κ1) is 12.0. The Balaban J connectivity index is 4.37. The molecule has 2 atom stereocenters. The van der Waals surface area contributed by atoms with Gasteiger partial charge in [-0.05, 0) is 23.7 Å². The Morgan fingerprint density at radius 2 is 1.58 bits per heavy atom. The molecule has 0 aliphatic heterocycles. The van der Waals surface area contributed by atoms with Crippen molar-refractivity contribution in [2.45, 2.75) is 60.8 Å². The minimum Gasteiger partial charge on any atom is -0.0654 e. The van der Waals surface area contributed by atoms with Crippen LogP contribution in [0.1, 0.15) is 60.8 Å². The maximum absolute atomic E-state index is 2.45. The topological polar surface area (TPSA) is 0 Å². The van der Waals surface area contributed by atoms with Gasteiger partial charge in [0.15, 0.2) is 0 Å². The van der Waals surface area contributed by atoms with Crippen LogP contribution in [-0.2, 0) is 0 Å². The molecule has 0 heteroatoms. The molecule has 0 aromatic heterocycles. The van der Waals surface area contributed by atoms with Gasteiger partial charge in [-0.2, -0.15) is 0 Å². The zero-order valence-electron chi connectivity index (χ0n) is 9.78. The summed E-state index contributed by atoms with van der Waals surface area (Å²) in [6.45, 7) is 14.2. The van der Waals surface area contributed by atoms with Gasteiger partial charge in [0.25, 0.3) is 0 Å². The van der Waals surface area contributed by atoms with Crippen molar-refractivity contribution in [1.82, 2.24) is 0 Å². The Morgan fingerprint density at radius 3 is 1.83 bits per heavy atom. The van der Waals surface area contributed by atoms with Crippen molar-refractivity contribution in [3.8, 4) is 0 Å². The fourth-order valence-corrected chi connectivity index (χ4v) is 2.11. The van der Waals surface area contributed by atoms with E-state index in [0.29, 0.717) is 5.41 Å². The van der Waals surface area contributed by atoms with Crippen LogP contribution >= 0.6 is 0 Å². The fraction of sp³-hybridized carbons (Fsp3) is 1.00. The van der Waals surface area contributed by atoms with Crippen LogP contribution in [0.25, 0.3) is 0 Å². The molecule has 0 aliphatic rings. The number of hydrogen-bond acceptors (Lipinski definition) is 0. The van der Waals surface area contributed by atoms with E-state index in [0.717, 1.165) is 11.8 Å². The van der Waals surface area contributed by atoms with Gasteiger partial charge in [0.2, 0.25) is 0 Å². The van der Waals surface area contributed by atoms with E-state index in [1.54, 1.807) is 0 Å². The third kappa shape index (κ3) is 2.50. The van der Waals surface area contributed by atoms with Crippen LogP contribution in [0.4, 0.5) is 0 Å². The predicted octanol–water partition coefficient (Wildman–Crippen LogP) is 4.49. The Kier molecular flexibility index (Phi) is 4.89. The molecular formula is C12H26. The molecule has 0 aliphatic carbocycles. The molecule has 0 rings (SSSR count). The zero-order valence-corrected chi connectivity index (χ0v) is 9.78. The minimum absolute atomic E-state index is 0.559. The van der Waals surface area contributed by atoms with E-state index in [4.69, 9.17) is 0 Å². The quantitative estimate of drug-likeness (QED) is 0.570. The average molecular weight is 170 g/mol. The van der Waals surface area contributed by atoms with Gasteiger partial charge in [0.05, 0.1) is 0 Å². The molecule has 0 saturated heterocycles. The van der Waals surface area contributed by atoms with Crippen LogP contribution in [0, 0.1) is 17.3 Å². The molecule has 0 fully saturated rings. The first-order chi connectivity index (χ1) is 5.49. The van der Waals surface area contributed by atoms with Gasteiger partial charge in [0, 0.05) is 0 Å². The Morgan fingerprint density at radius 1 is 1.08 bits per heavy atom. The molecule has 0 heterocycles. The largest absolute Gasteiger partial charge is 0.0654 e. The summed E-state index contributed by atoms with van der Waals surface area (Å²) in [7, 11) is 0. The molecule has 0 nitrogen and oxygen atoms in total. The smallest absolute Gasteiger partial charge is 0.0277 e. The highest BCUT2D eigenvalue weighted by molar-refractivity contribution is 4.81. The van der Waals surface area contributed by atoms with E-state index in [1.165, 1.54) is 19.3 Å². The zero-order chi connectivity index (χ0) is 9.78. The normalized spacial score (nSPS) is 19.2. The highest BCUT2D eigenvalue weighted by Crippen LogP contribution is 2.41.